The lowest BCUT2D eigenvalue weighted by Gasteiger charge is -2.09. The number of carbonyl (C=O) groups excluding carboxylic acids is 1. The standard InChI is InChI=1S/C15H17NO3/c1-11-5-6-15(18-2)13(8-11)14(17)10-16-9-12-4-3-7-19-12/h3-8,16H,9-10H2,1-2H3. The van der Waals surface area contributed by atoms with E-state index < -0.39 is 0 Å². The van der Waals surface area contributed by atoms with Gasteiger partial charge in [-0.25, -0.2) is 0 Å². The largest absolute Gasteiger partial charge is 0.496 e. The van der Waals surface area contributed by atoms with Crippen LogP contribution in [0, 0.1) is 6.92 Å². The second kappa shape index (κ2) is 6.20. The van der Waals surface area contributed by atoms with E-state index in [1.165, 1.54) is 0 Å². The molecule has 0 spiro atoms. The molecule has 0 bridgehead atoms. The second-order valence-corrected chi connectivity index (χ2v) is 4.31. The highest BCUT2D eigenvalue weighted by Gasteiger charge is 2.12. The summed E-state index contributed by atoms with van der Waals surface area (Å²) in [4.78, 5) is 12.1. The Bertz CT molecular complexity index is 547. The highest BCUT2D eigenvalue weighted by atomic mass is 16.5. The maximum Gasteiger partial charge on any atom is 0.180 e. The molecule has 0 unspecified atom stereocenters. The maximum atomic E-state index is 12.1. The van der Waals surface area contributed by atoms with Gasteiger partial charge in [0, 0.05) is 0 Å². The first-order chi connectivity index (χ1) is 9.20. The molecule has 2 aromatic rings. The third kappa shape index (κ3) is 3.45. The van der Waals surface area contributed by atoms with Crippen molar-refractivity contribution in [1.29, 1.82) is 0 Å². The number of furan rings is 1. The summed E-state index contributed by atoms with van der Waals surface area (Å²) < 4.78 is 10.4. The number of aryl methyl sites for hydroxylation is 1. The Morgan fingerprint density at radius 2 is 2.21 bits per heavy atom. The van der Waals surface area contributed by atoms with Gasteiger partial charge in [-0.1, -0.05) is 11.6 Å². The van der Waals surface area contributed by atoms with Gasteiger partial charge in [-0.2, -0.15) is 0 Å². The van der Waals surface area contributed by atoms with Crippen molar-refractivity contribution in [2.24, 2.45) is 0 Å². The van der Waals surface area contributed by atoms with Crippen LogP contribution in [0.1, 0.15) is 21.7 Å². The molecule has 1 aromatic heterocycles. The van der Waals surface area contributed by atoms with Crippen molar-refractivity contribution in [3.05, 3.63) is 53.5 Å². The third-order valence-corrected chi connectivity index (χ3v) is 2.82. The van der Waals surface area contributed by atoms with E-state index in [1.807, 2.05) is 37.3 Å². The fourth-order valence-electron chi connectivity index (χ4n) is 1.85. The number of rotatable bonds is 6. The van der Waals surface area contributed by atoms with Gasteiger partial charge in [0.1, 0.15) is 11.5 Å². The first kappa shape index (κ1) is 13.4. The monoisotopic (exact) mass is 259 g/mol. The summed E-state index contributed by atoms with van der Waals surface area (Å²) in [6.45, 7) is 2.74. The number of hydrogen-bond acceptors (Lipinski definition) is 4. The van der Waals surface area contributed by atoms with Crippen LogP contribution >= 0.6 is 0 Å². The average Bonchev–Trinajstić information content (AvgIpc) is 2.91. The summed E-state index contributed by atoms with van der Waals surface area (Å²) in [6, 6.07) is 9.27. The van der Waals surface area contributed by atoms with Crippen molar-refractivity contribution in [1.82, 2.24) is 5.32 Å². The molecule has 19 heavy (non-hydrogen) atoms. The van der Waals surface area contributed by atoms with Crippen LogP contribution in [-0.2, 0) is 6.54 Å². The number of methoxy groups -OCH3 is 1. The Balaban J connectivity index is 1.97. The Morgan fingerprint density at radius 3 is 2.89 bits per heavy atom. The van der Waals surface area contributed by atoms with E-state index in [2.05, 4.69) is 5.32 Å². The van der Waals surface area contributed by atoms with Gasteiger partial charge in [0.25, 0.3) is 0 Å². The summed E-state index contributed by atoms with van der Waals surface area (Å²) in [5, 5.41) is 3.06. The molecule has 0 aliphatic carbocycles. The Labute approximate surface area is 112 Å². The molecule has 0 fully saturated rings. The van der Waals surface area contributed by atoms with E-state index in [4.69, 9.17) is 9.15 Å². The van der Waals surface area contributed by atoms with Gasteiger partial charge < -0.3 is 14.5 Å². The Morgan fingerprint density at radius 1 is 1.37 bits per heavy atom. The predicted octanol–water partition coefficient (Wildman–Crippen LogP) is 2.57. The van der Waals surface area contributed by atoms with Crippen molar-refractivity contribution < 1.29 is 13.9 Å². The van der Waals surface area contributed by atoms with Gasteiger partial charge in [-0.05, 0) is 31.2 Å². The minimum Gasteiger partial charge on any atom is -0.496 e. The minimum atomic E-state index is 0.00658. The molecule has 0 amide bonds. The van der Waals surface area contributed by atoms with Crippen LogP contribution in [-0.4, -0.2) is 19.4 Å². The number of nitrogens with one attached hydrogen (secondary N) is 1. The Kier molecular flexibility index (Phi) is 4.36. The van der Waals surface area contributed by atoms with Gasteiger partial charge >= 0.3 is 0 Å². The molecule has 1 aromatic carbocycles. The lowest BCUT2D eigenvalue weighted by atomic mass is 10.1. The third-order valence-electron chi connectivity index (χ3n) is 2.82. The van der Waals surface area contributed by atoms with E-state index >= 15 is 0 Å². The molecule has 100 valence electrons. The quantitative estimate of drug-likeness (QED) is 0.810. The molecular weight excluding hydrogens is 242 g/mol. The van der Waals surface area contributed by atoms with Gasteiger partial charge in [-0.15, -0.1) is 0 Å². The van der Waals surface area contributed by atoms with Crippen LogP contribution in [0.25, 0.3) is 0 Å². The molecule has 0 saturated heterocycles. The fourth-order valence-corrected chi connectivity index (χ4v) is 1.85. The summed E-state index contributed by atoms with van der Waals surface area (Å²) >= 11 is 0. The summed E-state index contributed by atoms with van der Waals surface area (Å²) in [5.41, 5.74) is 1.64. The molecule has 0 atom stereocenters. The average molecular weight is 259 g/mol. The topological polar surface area (TPSA) is 51.5 Å². The highest BCUT2D eigenvalue weighted by molar-refractivity contribution is 6.00. The van der Waals surface area contributed by atoms with Gasteiger partial charge in [-0.3, -0.25) is 4.79 Å². The molecule has 0 radical (unpaired) electrons. The first-order valence-corrected chi connectivity index (χ1v) is 6.11. The van der Waals surface area contributed by atoms with E-state index in [0.29, 0.717) is 17.9 Å². The second-order valence-electron chi connectivity index (χ2n) is 4.31. The van der Waals surface area contributed by atoms with Crippen LogP contribution in [0.4, 0.5) is 0 Å². The van der Waals surface area contributed by atoms with Crippen molar-refractivity contribution in [3.63, 3.8) is 0 Å². The van der Waals surface area contributed by atoms with Crippen LogP contribution in [0.3, 0.4) is 0 Å². The zero-order chi connectivity index (χ0) is 13.7. The molecule has 2 rings (SSSR count). The molecule has 4 heteroatoms. The number of ketones is 1. The lowest BCUT2D eigenvalue weighted by Crippen LogP contribution is -2.22. The number of Topliss-reactive ketones (excluding diaryl/α,β-unsaturated/α-hetero) is 1. The zero-order valence-corrected chi connectivity index (χ0v) is 11.1. The molecule has 4 nitrogen and oxygen atoms in total. The van der Waals surface area contributed by atoms with Crippen molar-refractivity contribution >= 4 is 5.78 Å². The molecule has 0 saturated carbocycles. The van der Waals surface area contributed by atoms with Crippen LogP contribution in [0.2, 0.25) is 0 Å². The SMILES string of the molecule is COc1ccc(C)cc1C(=O)CNCc1ccco1. The highest BCUT2D eigenvalue weighted by Crippen LogP contribution is 2.19. The minimum absolute atomic E-state index is 0.00658. The number of hydrogen-bond donors (Lipinski definition) is 1. The molecule has 1 N–H and O–H groups in total. The van der Waals surface area contributed by atoms with Crippen LogP contribution in [0.5, 0.6) is 5.75 Å². The van der Waals surface area contributed by atoms with E-state index in [1.54, 1.807) is 13.4 Å². The van der Waals surface area contributed by atoms with Crippen LogP contribution < -0.4 is 10.1 Å². The molecular formula is C15H17NO3. The number of ether oxygens (including phenoxy) is 1. The molecule has 1 heterocycles. The van der Waals surface area contributed by atoms with E-state index in [9.17, 15) is 4.79 Å². The van der Waals surface area contributed by atoms with Crippen LogP contribution in [0.15, 0.2) is 41.0 Å². The first-order valence-electron chi connectivity index (χ1n) is 6.11. The smallest absolute Gasteiger partial charge is 0.180 e. The van der Waals surface area contributed by atoms with Crippen molar-refractivity contribution in [2.75, 3.05) is 13.7 Å². The normalized spacial score (nSPS) is 10.4. The van der Waals surface area contributed by atoms with Gasteiger partial charge in [0.15, 0.2) is 5.78 Å². The molecule has 0 aliphatic rings. The van der Waals surface area contributed by atoms with Gasteiger partial charge in [0.05, 0.1) is 32.0 Å². The maximum absolute atomic E-state index is 12.1. The lowest BCUT2D eigenvalue weighted by molar-refractivity contribution is 0.0987. The Hall–Kier alpha value is -2.07. The molecule has 0 aliphatic heterocycles. The van der Waals surface area contributed by atoms with E-state index in [0.717, 1.165) is 11.3 Å². The van der Waals surface area contributed by atoms with E-state index in [-0.39, 0.29) is 12.3 Å². The van der Waals surface area contributed by atoms with Gasteiger partial charge in [0.2, 0.25) is 0 Å². The zero-order valence-electron chi connectivity index (χ0n) is 11.1. The number of carbonyl (C=O) groups is 1. The van der Waals surface area contributed by atoms with Crippen molar-refractivity contribution in [2.45, 2.75) is 13.5 Å². The summed E-state index contributed by atoms with van der Waals surface area (Å²) in [7, 11) is 1.57. The van der Waals surface area contributed by atoms with Crippen molar-refractivity contribution in [3.8, 4) is 5.75 Å². The summed E-state index contributed by atoms with van der Waals surface area (Å²) in [5.74, 6) is 1.42. The number of benzene rings is 1. The summed E-state index contributed by atoms with van der Waals surface area (Å²) in [6.07, 6.45) is 1.61. The fraction of sp³-hybridized carbons (Fsp3) is 0.267. The predicted molar refractivity (Wildman–Crippen MR) is 72.5 cm³/mol.